The van der Waals surface area contributed by atoms with Gasteiger partial charge in [0.15, 0.2) is 0 Å². The quantitative estimate of drug-likeness (QED) is 0.709. The summed E-state index contributed by atoms with van der Waals surface area (Å²) in [6, 6.07) is 0. The maximum Gasteiger partial charge on any atom is 0.246 e. The fourth-order valence-electron chi connectivity index (χ4n) is 1.87. The van der Waals surface area contributed by atoms with Crippen LogP contribution in [-0.2, 0) is 20.8 Å². The summed E-state index contributed by atoms with van der Waals surface area (Å²) in [6.45, 7) is 2.37. The SMILES string of the molecule is O=C(COCC1CCCCO1)NCCn1cnnn1. The summed E-state index contributed by atoms with van der Waals surface area (Å²) in [5, 5.41) is 13.4. The molecule has 1 aromatic heterocycles. The molecule has 8 heteroatoms. The van der Waals surface area contributed by atoms with E-state index >= 15 is 0 Å². The number of aromatic nitrogens is 4. The summed E-state index contributed by atoms with van der Waals surface area (Å²) in [4.78, 5) is 11.5. The molecule has 2 rings (SSSR count). The third-order valence-corrected chi connectivity index (χ3v) is 2.87. The molecule has 0 saturated carbocycles. The molecule has 0 radical (unpaired) electrons. The second-order valence-corrected chi connectivity index (χ2v) is 4.43. The lowest BCUT2D eigenvalue weighted by atomic mass is 10.1. The molecule has 1 aliphatic heterocycles. The first-order valence-electron chi connectivity index (χ1n) is 6.51. The highest BCUT2D eigenvalue weighted by Gasteiger charge is 2.14. The van der Waals surface area contributed by atoms with Crippen LogP contribution < -0.4 is 5.32 Å². The minimum absolute atomic E-state index is 0.0649. The van der Waals surface area contributed by atoms with Crippen molar-refractivity contribution in [1.82, 2.24) is 25.5 Å². The van der Waals surface area contributed by atoms with Gasteiger partial charge >= 0.3 is 0 Å². The second-order valence-electron chi connectivity index (χ2n) is 4.43. The Morgan fingerprint density at radius 2 is 2.47 bits per heavy atom. The Labute approximate surface area is 111 Å². The number of tetrazole rings is 1. The molecule has 1 atom stereocenters. The highest BCUT2D eigenvalue weighted by atomic mass is 16.5. The molecule has 8 nitrogen and oxygen atoms in total. The van der Waals surface area contributed by atoms with Crippen LogP contribution in [0, 0.1) is 0 Å². The molecule has 1 saturated heterocycles. The summed E-state index contributed by atoms with van der Waals surface area (Å²) in [6.07, 6.45) is 4.95. The van der Waals surface area contributed by atoms with Gasteiger partial charge in [-0.15, -0.1) is 5.10 Å². The van der Waals surface area contributed by atoms with E-state index < -0.39 is 0 Å². The average molecular weight is 269 g/mol. The van der Waals surface area contributed by atoms with Gasteiger partial charge in [-0.3, -0.25) is 4.79 Å². The first-order valence-corrected chi connectivity index (χ1v) is 6.51. The van der Waals surface area contributed by atoms with Gasteiger partial charge in [0.05, 0.1) is 19.3 Å². The van der Waals surface area contributed by atoms with Gasteiger partial charge < -0.3 is 14.8 Å². The number of rotatable bonds is 7. The molecule has 1 aromatic rings. The van der Waals surface area contributed by atoms with Crippen LogP contribution in [0.4, 0.5) is 0 Å². The van der Waals surface area contributed by atoms with Crippen molar-refractivity contribution in [3.63, 3.8) is 0 Å². The highest BCUT2D eigenvalue weighted by molar-refractivity contribution is 5.77. The molecule has 0 spiro atoms. The van der Waals surface area contributed by atoms with Crippen LogP contribution in [0.3, 0.4) is 0 Å². The third kappa shape index (κ3) is 5.31. The minimum Gasteiger partial charge on any atom is -0.376 e. The second kappa shape index (κ2) is 7.80. The summed E-state index contributed by atoms with van der Waals surface area (Å²) in [7, 11) is 0. The van der Waals surface area contributed by atoms with Crippen LogP contribution in [0.1, 0.15) is 19.3 Å². The topological polar surface area (TPSA) is 91.2 Å². The van der Waals surface area contributed by atoms with E-state index in [0.717, 1.165) is 19.4 Å². The number of carbonyl (C=O) groups excluding carboxylic acids is 1. The van der Waals surface area contributed by atoms with E-state index in [1.807, 2.05) is 0 Å². The fraction of sp³-hybridized carbons (Fsp3) is 0.818. The van der Waals surface area contributed by atoms with E-state index in [1.165, 1.54) is 12.7 Å². The molecule has 1 aliphatic rings. The molecule has 19 heavy (non-hydrogen) atoms. The number of amides is 1. The standard InChI is InChI=1S/C11H19N5O3/c17-11(12-4-5-16-9-13-14-15-16)8-18-7-10-3-1-2-6-19-10/h9-10H,1-8H2,(H,12,17). The molecule has 0 aliphatic carbocycles. The molecule has 1 N–H and O–H groups in total. The third-order valence-electron chi connectivity index (χ3n) is 2.87. The Hall–Kier alpha value is -1.54. The van der Waals surface area contributed by atoms with Gasteiger partial charge in [0.2, 0.25) is 5.91 Å². The predicted octanol–water partition coefficient (Wildman–Crippen LogP) is -0.625. The van der Waals surface area contributed by atoms with Gasteiger partial charge in [-0.1, -0.05) is 0 Å². The molecule has 1 unspecified atom stereocenters. The van der Waals surface area contributed by atoms with Gasteiger partial charge in [-0.2, -0.15) is 0 Å². The van der Waals surface area contributed by atoms with Gasteiger partial charge in [0.1, 0.15) is 12.9 Å². The zero-order valence-corrected chi connectivity index (χ0v) is 10.8. The summed E-state index contributed by atoms with van der Waals surface area (Å²) < 4.78 is 12.4. The van der Waals surface area contributed by atoms with Crippen molar-refractivity contribution in [2.45, 2.75) is 31.9 Å². The van der Waals surface area contributed by atoms with E-state index in [1.54, 1.807) is 4.68 Å². The van der Waals surface area contributed by atoms with Crippen LogP contribution in [0.15, 0.2) is 6.33 Å². The number of ether oxygens (including phenoxy) is 2. The molecule has 1 fully saturated rings. The largest absolute Gasteiger partial charge is 0.376 e. The number of nitrogens with one attached hydrogen (secondary N) is 1. The van der Waals surface area contributed by atoms with Crippen molar-refractivity contribution in [1.29, 1.82) is 0 Å². The summed E-state index contributed by atoms with van der Waals surface area (Å²) in [5.41, 5.74) is 0. The Bertz CT molecular complexity index is 364. The first-order chi connectivity index (χ1) is 9.34. The lowest BCUT2D eigenvalue weighted by Crippen LogP contribution is -2.32. The number of hydrogen-bond donors (Lipinski definition) is 1. The van der Waals surface area contributed by atoms with Gasteiger partial charge in [-0.05, 0) is 29.7 Å². The van der Waals surface area contributed by atoms with Crippen LogP contribution in [-0.4, -0.2) is 58.6 Å². The Balaban J connectivity index is 1.49. The lowest BCUT2D eigenvalue weighted by molar-refractivity contribution is -0.127. The zero-order valence-electron chi connectivity index (χ0n) is 10.8. The Kier molecular flexibility index (Phi) is 5.70. The van der Waals surface area contributed by atoms with Crippen molar-refractivity contribution in [2.75, 3.05) is 26.4 Å². The molecular formula is C11H19N5O3. The minimum atomic E-state index is -0.135. The van der Waals surface area contributed by atoms with Crippen LogP contribution in [0.25, 0.3) is 0 Å². The summed E-state index contributed by atoms with van der Waals surface area (Å²) in [5.74, 6) is -0.135. The van der Waals surface area contributed by atoms with E-state index in [0.29, 0.717) is 19.7 Å². The number of hydrogen-bond acceptors (Lipinski definition) is 6. The van der Waals surface area contributed by atoms with Crippen LogP contribution in [0.2, 0.25) is 0 Å². The molecular weight excluding hydrogens is 250 g/mol. The Morgan fingerprint density at radius 3 is 3.21 bits per heavy atom. The van der Waals surface area contributed by atoms with E-state index in [4.69, 9.17) is 9.47 Å². The number of nitrogens with zero attached hydrogens (tertiary/aromatic N) is 4. The average Bonchev–Trinajstić information content (AvgIpc) is 2.93. The van der Waals surface area contributed by atoms with E-state index in [9.17, 15) is 4.79 Å². The smallest absolute Gasteiger partial charge is 0.246 e. The van der Waals surface area contributed by atoms with Crippen molar-refractivity contribution in [3.8, 4) is 0 Å². The van der Waals surface area contributed by atoms with Crippen molar-refractivity contribution >= 4 is 5.91 Å². The van der Waals surface area contributed by atoms with Crippen molar-refractivity contribution < 1.29 is 14.3 Å². The molecule has 2 heterocycles. The zero-order chi connectivity index (χ0) is 13.3. The monoisotopic (exact) mass is 269 g/mol. The van der Waals surface area contributed by atoms with E-state index in [-0.39, 0.29) is 18.6 Å². The van der Waals surface area contributed by atoms with Crippen molar-refractivity contribution in [3.05, 3.63) is 6.33 Å². The van der Waals surface area contributed by atoms with Crippen molar-refractivity contribution in [2.24, 2.45) is 0 Å². The number of carbonyl (C=O) groups is 1. The van der Waals surface area contributed by atoms with Gasteiger partial charge in [0, 0.05) is 13.2 Å². The van der Waals surface area contributed by atoms with Gasteiger partial charge in [-0.25, -0.2) is 4.68 Å². The molecule has 0 bridgehead atoms. The predicted molar refractivity (Wildman–Crippen MR) is 65.2 cm³/mol. The highest BCUT2D eigenvalue weighted by Crippen LogP contribution is 2.12. The molecule has 106 valence electrons. The fourth-order valence-corrected chi connectivity index (χ4v) is 1.87. The van der Waals surface area contributed by atoms with Gasteiger partial charge in [0.25, 0.3) is 0 Å². The van der Waals surface area contributed by atoms with Crippen LogP contribution >= 0.6 is 0 Å². The maximum absolute atomic E-state index is 11.5. The normalized spacial score (nSPS) is 19.3. The van der Waals surface area contributed by atoms with E-state index in [2.05, 4.69) is 20.8 Å². The lowest BCUT2D eigenvalue weighted by Gasteiger charge is -2.22. The van der Waals surface area contributed by atoms with Crippen LogP contribution in [0.5, 0.6) is 0 Å². The maximum atomic E-state index is 11.5. The molecule has 1 amide bonds. The molecule has 0 aromatic carbocycles. The summed E-state index contributed by atoms with van der Waals surface area (Å²) >= 11 is 0. The Morgan fingerprint density at radius 1 is 1.53 bits per heavy atom. The first kappa shape index (κ1) is 13.9.